The monoisotopic (exact) mass is 414 g/mol. The largest absolute Gasteiger partial charge is 0.469 e. The van der Waals surface area contributed by atoms with Gasteiger partial charge in [-0.3, -0.25) is 9.78 Å². The maximum Gasteiger partial charge on any atom is 0.307 e. The first-order valence-electron chi connectivity index (χ1n) is 9.99. The highest BCUT2D eigenvalue weighted by atomic mass is 32.1. The van der Waals surface area contributed by atoms with E-state index in [1.807, 2.05) is 18.2 Å². The molecule has 0 radical (unpaired) electrons. The fourth-order valence-corrected chi connectivity index (χ4v) is 4.48. The fourth-order valence-electron chi connectivity index (χ4n) is 4.15. The normalized spacial score (nSPS) is 24.0. The van der Waals surface area contributed by atoms with Gasteiger partial charge in [-0.2, -0.15) is 0 Å². The molecule has 29 heavy (non-hydrogen) atoms. The summed E-state index contributed by atoms with van der Waals surface area (Å²) in [7, 11) is 1.41. The van der Waals surface area contributed by atoms with Crippen LogP contribution in [0.1, 0.15) is 42.7 Å². The lowest BCUT2D eigenvalue weighted by atomic mass is 10.0. The Labute approximate surface area is 176 Å². The lowest BCUT2D eigenvalue weighted by Gasteiger charge is -2.29. The highest BCUT2D eigenvalue weighted by Gasteiger charge is 2.41. The van der Waals surface area contributed by atoms with E-state index in [2.05, 4.69) is 38.1 Å². The van der Waals surface area contributed by atoms with Crippen molar-refractivity contribution >= 4 is 23.3 Å². The Balaban J connectivity index is 1.65. The van der Waals surface area contributed by atoms with E-state index in [0.29, 0.717) is 11.7 Å². The van der Waals surface area contributed by atoms with Crippen LogP contribution in [0.2, 0.25) is 0 Å². The van der Waals surface area contributed by atoms with Crippen LogP contribution in [-0.4, -0.2) is 51.9 Å². The van der Waals surface area contributed by atoms with E-state index >= 15 is 0 Å². The lowest BCUT2D eigenvalue weighted by Crippen LogP contribution is -2.33. The summed E-state index contributed by atoms with van der Waals surface area (Å²) < 4.78 is 12.9. The lowest BCUT2D eigenvalue weighted by molar-refractivity contribution is -0.140. The van der Waals surface area contributed by atoms with Gasteiger partial charge in [-0.25, -0.2) is 0 Å². The van der Waals surface area contributed by atoms with E-state index < -0.39 is 0 Å². The molecule has 2 aliphatic rings. The van der Waals surface area contributed by atoms with Gasteiger partial charge in [-0.1, -0.05) is 6.07 Å². The van der Waals surface area contributed by atoms with Crippen molar-refractivity contribution in [3.63, 3.8) is 0 Å². The first kappa shape index (κ1) is 19.8. The molecule has 2 saturated heterocycles. The van der Waals surface area contributed by atoms with Gasteiger partial charge in [0.2, 0.25) is 0 Å². The van der Waals surface area contributed by atoms with Crippen molar-refractivity contribution < 1.29 is 14.3 Å². The zero-order valence-electron chi connectivity index (χ0n) is 16.5. The van der Waals surface area contributed by atoms with Crippen LogP contribution < -0.4 is 5.32 Å². The summed E-state index contributed by atoms with van der Waals surface area (Å²) in [5.41, 5.74) is 2.05. The third-order valence-electron chi connectivity index (χ3n) is 5.57. The number of thiocarbonyl (C=S) groups is 1. The predicted octanol–water partition coefficient (Wildman–Crippen LogP) is 2.60. The second-order valence-corrected chi connectivity index (χ2v) is 7.75. The van der Waals surface area contributed by atoms with E-state index in [-0.39, 0.29) is 30.6 Å². The fraction of sp³-hybridized carbons (Fsp3) is 0.476. The third kappa shape index (κ3) is 4.28. The number of ether oxygens (including phenoxy) is 2. The maximum atomic E-state index is 11.8. The number of pyridine rings is 1. The minimum atomic E-state index is -0.248. The first-order valence-corrected chi connectivity index (χ1v) is 10.4. The minimum absolute atomic E-state index is 0.0709. The zero-order chi connectivity index (χ0) is 20.2. The molecule has 0 aromatic carbocycles. The number of hydrogen-bond donors (Lipinski definition) is 1. The highest BCUT2D eigenvalue weighted by Crippen LogP contribution is 2.39. The van der Waals surface area contributed by atoms with Crippen LogP contribution in [0, 0.1) is 0 Å². The summed E-state index contributed by atoms with van der Waals surface area (Å²) in [4.78, 5) is 18.4. The number of carbonyl (C=O) groups excluding carboxylic acids is 1. The van der Waals surface area contributed by atoms with Crippen LogP contribution in [0.3, 0.4) is 0 Å². The second-order valence-electron chi connectivity index (χ2n) is 7.37. The summed E-state index contributed by atoms with van der Waals surface area (Å²) in [6, 6.07) is 9.89. The molecule has 2 fully saturated rings. The number of rotatable bonds is 7. The van der Waals surface area contributed by atoms with Crippen molar-refractivity contribution in [2.45, 2.75) is 44.0 Å². The molecule has 2 aromatic heterocycles. The number of methoxy groups -OCH3 is 1. The van der Waals surface area contributed by atoms with Gasteiger partial charge in [0, 0.05) is 37.8 Å². The van der Waals surface area contributed by atoms with Crippen LogP contribution in [0.25, 0.3) is 0 Å². The molecular formula is C21H26N4O3S. The molecule has 4 heterocycles. The molecule has 1 N–H and O–H groups in total. The van der Waals surface area contributed by atoms with Crippen molar-refractivity contribution in [3.05, 3.63) is 54.1 Å². The van der Waals surface area contributed by atoms with Gasteiger partial charge in [0.05, 0.1) is 37.4 Å². The van der Waals surface area contributed by atoms with Crippen molar-refractivity contribution in [2.75, 3.05) is 20.3 Å². The molecule has 0 saturated carbocycles. The Bertz CT molecular complexity index is 851. The Morgan fingerprint density at radius 2 is 2.28 bits per heavy atom. The van der Waals surface area contributed by atoms with Crippen molar-refractivity contribution in [1.82, 2.24) is 19.8 Å². The minimum Gasteiger partial charge on any atom is -0.469 e. The quantitative estimate of drug-likeness (QED) is 0.552. The molecule has 0 aliphatic carbocycles. The SMILES string of the molecule is COC(=O)CCN1C(=S)NC(c2ccccn2)C1c1cccn1CC1CCCO1. The zero-order valence-corrected chi connectivity index (χ0v) is 17.3. The molecule has 0 bridgehead atoms. The molecule has 2 aliphatic heterocycles. The van der Waals surface area contributed by atoms with Crippen LogP contribution in [0.15, 0.2) is 42.7 Å². The number of aromatic nitrogens is 2. The number of carbonyl (C=O) groups is 1. The number of hydrogen-bond acceptors (Lipinski definition) is 5. The summed E-state index contributed by atoms with van der Waals surface area (Å²) in [5.74, 6) is -0.248. The Morgan fingerprint density at radius 1 is 1.38 bits per heavy atom. The van der Waals surface area contributed by atoms with Gasteiger partial charge in [0.1, 0.15) is 0 Å². The molecule has 154 valence electrons. The van der Waals surface area contributed by atoms with Crippen LogP contribution in [0.4, 0.5) is 0 Å². The Kier molecular flexibility index (Phi) is 6.10. The average molecular weight is 415 g/mol. The van der Waals surface area contributed by atoms with Gasteiger partial charge in [0.25, 0.3) is 0 Å². The van der Waals surface area contributed by atoms with Crippen LogP contribution >= 0.6 is 12.2 Å². The van der Waals surface area contributed by atoms with Crippen LogP contribution in [0.5, 0.6) is 0 Å². The maximum absolute atomic E-state index is 11.8. The molecule has 7 nitrogen and oxygen atoms in total. The van der Waals surface area contributed by atoms with Gasteiger partial charge in [-0.05, 0) is 49.3 Å². The van der Waals surface area contributed by atoms with Gasteiger partial charge >= 0.3 is 5.97 Å². The summed E-state index contributed by atoms with van der Waals surface area (Å²) in [6.07, 6.45) is 6.58. The van der Waals surface area contributed by atoms with E-state index in [1.54, 1.807) is 6.20 Å². The van der Waals surface area contributed by atoms with Crippen LogP contribution in [-0.2, 0) is 20.8 Å². The molecule has 3 atom stereocenters. The molecule has 3 unspecified atom stereocenters. The molecular weight excluding hydrogens is 388 g/mol. The standard InChI is InChI=1S/C21H26N4O3S/c1-27-18(26)9-12-25-20(19(23-21(25)29)16-7-2-3-10-22-16)17-8-4-11-24(17)14-15-6-5-13-28-15/h2-4,7-8,10-11,15,19-20H,5-6,9,12-14H2,1H3,(H,23,29). The van der Waals surface area contributed by atoms with E-state index in [0.717, 1.165) is 37.4 Å². The number of nitrogens with zero attached hydrogens (tertiary/aromatic N) is 3. The summed E-state index contributed by atoms with van der Waals surface area (Å²) in [5, 5.41) is 4.04. The summed E-state index contributed by atoms with van der Waals surface area (Å²) >= 11 is 5.64. The summed E-state index contributed by atoms with van der Waals surface area (Å²) in [6.45, 7) is 2.13. The van der Waals surface area contributed by atoms with Gasteiger partial charge in [0.15, 0.2) is 5.11 Å². The van der Waals surface area contributed by atoms with Crippen molar-refractivity contribution in [2.24, 2.45) is 0 Å². The molecule has 8 heteroatoms. The highest BCUT2D eigenvalue weighted by molar-refractivity contribution is 7.80. The van der Waals surface area contributed by atoms with Crippen molar-refractivity contribution in [3.8, 4) is 0 Å². The smallest absolute Gasteiger partial charge is 0.307 e. The predicted molar refractivity (Wildman–Crippen MR) is 112 cm³/mol. The number of esters is 1. The first-order chi connectivity index (χ1) is 14.2. The molecule has 4 rings (SSSR count). The topological polar surface area (TPSA) is 68.6 Å². The molecule has 0 amide bonds. The Morgan fingerprint density at radius 3 is 3.00 bits per heavy atom. The molecule has 0 spiro atoms. The van der Waals surface area contributed by atoms with E-state index in [4.69, 9.17) is 21.7 Å². The van der Waals surface area contributed by atoms with Gasteiger partial charge in [-0.15, -0.1) is 0 Å². The average Bonchev–Trinajstić information content (AvgIpc) is 3.48. The van der Waals surface area contributed by atoms with Gasteiger partial charge < -0.3 is 24.3 Å². The Hall–Kier alpha value is -2.45. The number of nitrogens with one attached hydrogen (secondary N) is 1. The van der Waals surface area contributed by atoms with Crippen molar-refractivity contribution in [1.29, 1.82) is 0 Å². The third-order valence-corrected chi connectivity index (χ3v) is 5.93. The van der Waals surface area contributed by atoms with E-state index in [1.165, 1.54) is 7.11 Å². The molecule has 2 aromatic rings. The second kappa shape index (κ2) is 8.92. The van der Waals surface area contributed by atoms with E-state index in [9.17, 15) is 4.79 Å².